The predicted octanol–water partition coefficient (Wildman–Crippen LogP) is 1.79. The van der Waals surface area contributed by atoms with Gasteiger partial charge < -0.3 is 5.11 Å². The highest BCUT2D eigenvalue weighted by molar-refractivity contribution is 6.13. The first-order chi connectivity index (χ1) is 5.09. The molecule has 0 radical (unpaired) electrons. The van der Waals surface area contributed by atoms with Gasteiger partial charge in [-0.25, -0.2) is 9.63 Å². The third-order valence-electron chi connectivity index (χ3n) is 0.854. The van der Waals surface area contributed by atoms with Gasteiger partial charge in [-0.2, -0.15) is 0 Å². The predicted molar refractivity (Wildman–Crippen MR) is 46.6 cm³/mol. The van der Waals surface area contributed by atoms with E-state index in [1.165, 1.54) is 0 Å². The molecule has 0 aliphatic rings. The van der Waals surface area contributed by atoms with Gasteiger partial charge in [0.15, 0.2) is 0 Å². The van der Waals surface area contributed by atoms with Gasteiger partial charge in [-0.1, -0.05) is 19.9 Å². The van der Waals surface area contributed by atoms with E-state index >= 15 is 0 Å². The van der Waals surface area contributed by atoms with Crippen LogP contribution in [0.2, 0.25) is 0 Å². The SMILES string of the molecule is C=C(CCC)C(=O)O.CNCl. The Balaban J connectivity index is 0. The van der Waals surface area contributed by atoms with Crippen molar-refractivity contribution in [3.8, 4) is 0 Å². The highest BCUT2D eigenvalue weighted by Crippen LogP contribution is 1.99. The van der Waals surface area contributed by atoms with Gasteiger partial charge in [0.05, 0.1) is 0 Å². The molecule has 66 valence electrons. The fraction of sp³-hybridized carbons (Fsp3) is 0.571. The molecule has 0 aliphatic heterocycles. The zero-order valence-corrected chi connectivity index (χ0v) is 7.61. The van der Waals surface area contributed by atoms with Crippen molar-refractivity contribution >= 4 is 17.7 Å². The lowest BCUT2D eigenvalue weighted by atomic mass is 10.2. The van der Waals surface area contributed by atoms with E-state index in [2.05, 4.69) is 11.4 Å². The quantitative estimate of drug-likeness (QED) is 0.513. The average molecular weight is 180 g/mol. The van der Waals surface area contributed by atoms with E-state index in [9.17, 15) is 4.79 Å². The van der Waals surface area contributed by atoms with Gasteiger partial charge in [0.2, 0.25) is 0 Å². The third kappa shape index (κ3) is 12.6. The summed E-state index contributed by atoms with van der Waals surface area (Å²) >= 11 is 4.75. The minimum Gasteiger partial charge on any atom is -0.478 e. The zero-order valence-electron chi connectivity index (χ0n) is 6.85. The normalized spacial score (nSPS) is 7.91. The molecular formula is C7H14ClNO2. The van der Waals surface area contributed by atoms with E-state index < -0.39 is 5.97 Å². The van der Waals surface area contributed by atoms with Crippen molar-refractivity contribution in [3.63, 3.8) is 0 Å². The van der Waals surface area contributed by atoms with Crippen LogP contribution in [0.5, 0.6) is 0 Å². The summed E-state index contributed by atoms with van der Waals surface area (Å²) in [7, 11) is 1.64. The first-order valence-corrected chi connectivity index (χ1v) is 3.66. The molecule has 0 heterocycles. The summed E-state index contributed by atoms with van der Waals surface area (Å²) in [6.07, 6.45) is 1.44. The summed E-state index contributed by atoms with van der Waals surface area (Å²) in [4.78, 5) is 12.2. The molecule has 0 rings (SSSR count). The number of halogens is 1. The van der Waals surface area contributed by atoms with E-state index in [4.69, 9.17) is 16.9 Å². The van der Waals surface area contributed by atoms with Crippen LogP contribution in [0, 0.1) is 0 Å². The Morgan fingerprint density at radius 1 is 1.73 bits per heavy atom. The van der Waals surface area contributed by atoms with Crippen molar-refractivity contribution in [2.45, 2.75) is 19.8 Å². The standard InChI is InChI=1S/C6H10O2.CH4ClN/c1-3-4-5(2)6(7)8;1-3-2/h2-4H2,1H3,(H,7,8);3H,1H3. The van der Waals surface area contributed by atoms with E-state index in [0.29, 0.717) is 12.0 Å². The number of hydrogen-bond donors (Lipinski definition) is 2. The number of carboxylic acids is 1. The van der Waals surface area contributed by atoms with E-state index in [1.54, 1.807) is 7.05 Å². The van der Waals surface area contributed by atoms with E-state index in [1.807, 2.05) is 6.92 Å². The number of nitrogens with one attached hydrogen (secondary N) is 1. The molecule has 0 saturated carbocycles. The molecule has 11 heavy (non-hydrogen) atoms. The molecule has 0 aromatic heterocycles. The Hall–Kier alpha value is -0.540. The van der Waals surface area contributed by atoms with Gasteiger partial charge in [-0.3, -0.25) is 0 Å². The minimum atomic E-state index is -0.883. The van der Waals surface area contributed by atoms with Crippen LogP contribution in [0.15, 0.2) is 12.2 Å². The Morgan fingerprint density at radius 3 is 2.18 bits per heavy atom. The van der Waals surface area contributed by atoms with Gasteiger partial charge in [-0.05, 0) is 25.2 Å². The molecule has 0 spiro atoms. The summed E-state index contributed by atoms with van der Waals surface area (Å²) < 4.78 is 0. The Kier molecular flexibility index (Phi) is 11.2. The van der Waals surface area contributed by atoms with Crippen LogP contribution in [0.25, 0.3) is 0 Å². The smallest absolute Gasteiger partial charge is 0.330 e. The van der Waals surface area contributed by atoms with Crippen LogP contribution in [-0.4, -0.2) is 18.1 Å². The molecule has 0 amide bonds. The maximum absolute atomic E-state index is 9.99. The van der Waals surface area contributed by atoms with E-state index in [-0.39, 0.29) is 0 Å². The van der Waals surface area contributed by atoms with Crippen molar-refractivity contribution in [2.24, 2.45) is 0 Å². The number of rotatable bonds is 3. The Labute approximate surface area is 72.2 Å². The first kappa shape index (κ1) is 13.1. The molecule has 0 aromatic carbocycles. The minimum absolute atomic E-state index is 0.299. The van der Waals surface area contributed by atoms with Gasteiger partial charge in [0, 0.05) is 5.57 Å². The van der Waals surface area contributed by atoms with E-state index in [0.717, 1.165) is 6.42 Å². The molecule has 0 fully saturated rings. The highest BCUT2D eigenvalue weighted by atomic mass is 35.5. The molecule has 0 bridgehead atoms. The maximum Gasteiger partial charge on any atom is 0.330 e. The largest absolute Gasteiger partial charge is 0.478 e. The van der Waals surface area contributed by atoms with Crippen molar-refractivity contribution in [1.29, 1.82) is 0 Å². The monoisotopic (exact) mass is 179 g/mol. The molecule has 0 saturated heterocycles. The molecule has 4 heteroatoms. The van der Waals surface area contributed by atoms with Gasteiger partial charge in [0.1, 0.15) is 0 Å². The summed E-state index contributed by atoms with van der Waals surface area (Å²) in [5, 5.41) is 8.21. The third-order valence-corrected chi connectivity index (χ3v) is 0.854. The lowest BCUT2D eigenvalue weighted by molar-refractivity contribution is -0.132. The van der Waals surface area contributed by atoms with Gasteiger partial charge in [-0.15, -0.1) is 0 Å². The maximum atomic E-state index is 9.99. The van der Waals surface area contributed by atoms with Crippen LogP contribution < -0.4 is 4.84 Å². The van der Waals surface area contributed by atoms with Gasteiger partial charge >= 0.3 is 5.97 Å². The lowest BCUT2D eigenvalue weighted by Gasteiger charge is -1.92. The molecule has 3 nitrogen and oxygen atoms in total. The van der Waals surface area contributed by atoms with Crippen molar-refractivity contribution in [2.75, 3.05) is 7.05 Å². The molecule has 0 unspecified atom stereocenters. The fourth-order valence-corrected chi connectivity index (χ4v) is 0.409. The first-order valence-electron chi connectivity index (χ1n) is 3.28. The topological polar surface area (TPSA) is 49.3 Å². The molecule has 2 N–H and O–H groups in total. The molecule has 0 atom stereocenters. The van der Waals surface area contributed by atoms with Crippen LogP contribution in [0.4, 0.5) is 0 Å². The second-order valence-electron chi connectivity index (χ2n) is 1.85. The van der Waals surface area contributed by atoms with Crippen LogP contribution in [0.3, 0.4) is 0 Å². The lowest BCUT2D eigenvalue weighted by Crippen LogP contribution is -1.97. The number of carbonyl (C=O) groups is 1. The van der Waals surface area contributed by atoms with Crippen molar-refractivity contribution < 1.29 is 9.90 Å². The van der Waals surface area contributed by atoms with Crippen molar-refractivity contribution in [3.05, 3.63) is 12.2 Å². The highest BCUT2D eigenvalue weighted by Gasteiger charge is 1.99. The molecule has 0 aliphatic carbocycles. The second kappa shape index (κ2) is 9.46. The number of aliphatic carboxylic acids is 1. The summed E-state index contributed by atoms with van der Waals surface area (Å²) in [6.45, 7) is 5.27. The van der Waals surface area contributed by atoms with Crippen LogP contribution in [0.1, 0.15) is 19.8 Å². The van der Waals surface area contributed by atoms with Crippen LogP contribution >= 0.6 is 11.8 Å². The average Bonchev–Trinajstić information content (AvgIpc) is 1.90. The number of carboxylic acid groups (broad SMARTS) is 1. The zero-order chi connectivity index (χ0) is 9.28. The summed E-state index contributed by atoms with van der Waals surface area (Å²) in [5.74, 6) is -0.883. The Bertz CT molecular complexity index is 126. The number of hydrogen-bond acceptors (Lipinski definition) is 2. The molecule has 0 aromatic rings. The van der Waals surface area contributed by atoms with Crippen LogP contribution in [-0.2, 0) is 4.79 Å². The van der Waals surface area contributed by atoms with Gasteiger partial charge in [0.25, 0.3) is 0 Å². The second-order valence-corrected chi connectivity index (χ2v) is 2.23. The summed E-state index contributed by atoms with van der Waals surface area (Å²) in [5.41, 5.74) is 0.299. The molecular weight excluding hydrogens is 166 g/mol. The summed E-state index contributed by atoms with van der Waals surface area (Å²) in [6, 6.07) is 0. The van der Waals surface area contributed by atoms with Crippen molar-refractivity contribution in [1.82, 2.24) is 4.84 Å². The Morgan fingerprint density at radius 2 is 2.09 bits per heavy atom. The fourth-order valence-electron chi connectivity index (χ4n) is 0.409.